The maximum Gasteiger partial charge on any atom is 0.416 e. The van der Waals surface area contributed by atoms with Crippen LogP contribution in [0.5, 0.6) is 0 Å². The number of benzene rings is 1. The van der Waals surface area contributed by atoms with Crippen LogP contribution in [0.3, 0.4) is 0 Å². The molecule has 1 unspecified atom stereocenters. The highest BCUT2D eigenvalue weighted by molar-refractivity contribution is 5.75. The van der Waals surface area contributed by atoms with E-state index in [2.05, 4.69) is 10.3 Å². The van der Waals surface area contributed by atoms with Crippen LogP contribution in [-0.2, 0) is 11.0 Å². The van der Waals surface area contributed by atoms with E-state index in [1.807, 2.05) is 0 Å². The largest absolute Gasteiger partial charge is 0.481 e. The van der Waals surface area contributed by atoms with Gasteiger partial charge >= 0.3 is 12.1 Å². The Morgan fingerprint density at radius 2 is 1.90 bits per heavy atom. The Balaban J connectivity index is 2.38. The molecular formula is C12H10F3N3O2. The van der Waals surface area contributed by atoms with Crippen molar-refractivity contribution >= 4 is 5.97 Å². The fourth-order valence-corrected chi connectivity index (χ4v) is 1.66. The number of aliphatic carboxylic acids is 1. The first-order chi connectivity index (χ1) is 9.30. The number of nitrogens with zero attached hydrogens (tertiary/aromatic N) is 3. The normalized spacial score (nSPS) is 13.2. The van der Waals surface area contributed by atoms with Gasteiger partial charge in [0.2, 0.25) is 0 Å². The van der Waals surface area contributed by atoms with Crippen molar-refractivity contribution < 1.29 is 23.1 Å². The SMILES string of the molecule is CC(C(=O)O)c1cnnn1-c1ccc(C(F)(F)F)cc1. The summed E-state index contributed by atoms with van der Waals surface area (Å²) in [6.45, 7) is 1.45. The lowest BCUT2D eigenvalue weighted by Gasteiger charge is -2.11. The zero-order chi connectivity index (χ0) is 14.9. The van der Waals surface area contributed by atoms with E-state index in [9.17, 15) is 18.0 Å². The van der Waals surface area contributed by atoms with E-state index in [0.717, 1.165) is 12.1 Å². The standard InChI is InChI=1S/C12H10F3N3O2/c1-7(11(19)20)10-6-16-17-18(10)9-4-2-8(3-5-9)12(13,14)15/h2-7H,1H3,(H,19,20). The highest BCUT2D eigenvalue weighted by Gasteiger charge is 2.30. The molecule has 106 valence electrons. The summed E-state index contributed by atoms with van der Waals surface area (Å²) in [5.41, 5.74) is -0.176. The van der Waals surface area contributed by atoms with Crippen LogP contribution in [0.1, 0.15) is 24.1 Å². The molecule has 2 rings (SSSR count). The third-order valence-electron chi connectivity index (χ3n) is 2.83. The number of halogens is 3. The number of rotatable bonds is 3. The summed E-state index contributed by atoms with van der Waals surface area (Å²) in [7, 11) is 0. The van der Waals surface area contributed by atoms with Crippen LogP contribution in [0.2, 0.25) is 0 Å². The second-order valence-electron chi connectivity index (χ2n) is 4.18. The van der Waals surface area contributed by atoms with E-state index in [4.69, 9.17) is 5.11 Å². The van der Waals surface area contributed by atoms with E-state index in [1.54, 1.807) is 0 Å². The number of carboxylic acid groups (broad SMARTS) is 1. The Kier molecular flexibility index (Phi) is 3.47. The molecule has 0 saturated carbocycles. The van der Waals surface area contributed by atoms with Crippen LogP contribution in [0, 0.1) is 0 Å². The molecule has 0 spiro atoms. The zero-order valence-electron chi connectivity index (χ0n) is 10.3. The zero-order valence-corrected chi connectivity index (χ0v) is 10.3. The molecule has 0 aliphatic carbocycles. The fourth-order valence-electron chi connectivity index (χ4n) is 1.66. The minimum absolute atomic E-state index is 0.289. The van der Waals surface area contributed by atoms with Crippen LogP contribution in [-0.4, -0.2) is 26.1 Å². The summed E-state index contributed by atoms with van der Waals surface area (Å²) < 4.78 is 38.6. The van der Waals surface area contributed by atoms with Gasteiger partial charge < -0.3 is 5.11 Å². The van der Waals surface area contributed by atoms with Crippen molar-refractivity contribution in [3.05, 3.63) is 41.7 Å². The first-order valence-corrected chi connectivity index (χ1v) is 5.61. The van der Waals surface area contributed by atoms with Crippen LogP contribution in [0.4, 0.5) is 13.2 Å². The lowest BCUT2D eigenvalue weighted by molar-refractivity contribution is -0.139. The molecule has 0 amide bonds. The van der Waals surface area contributed by atoms with Gasteiger partial charge in [-0.2, -0.15) is 13.2 Å². The summed E-state index contributed by atoms with van der Waals surface area (Å²) in [4.78, 5) is 10.9. The lowest BCUT2D eigenvalue weighted by atomic mass is 10.1. The Morgan fingerprint density at radius 1 is 1.30 bits per heavy atom. The highest BCUT2D eigenvalue weighted by Crippen LogP contribution is 2.30. The van der Waals surface area contributed by atoms with Crippen LogP contribution in [0.25, 0.3) is 5.69 Å². The molecule has 0 radical (unpaired) electrons. The molecule has 1 aromatic heterocycles. The van der Waals surface area contributed by atoms with E-state index in [1.165, 1.54) is 29.9 Å². The molecule has 1 atom stereocenters. The maximum atomic E-state index is 12.5. The van der Waals surface area contributed by atoms with Crippen molar-refractivity contribution in [1.82, 2.24) is 15.0 Å². The minimum Gasteiger partial charge on any atom is -0.481 e. The van der Waals surface area contributed by atoms with E-state index >= 15 is 0 Å². The molecule has 0 fully saturated rings. The smallest absolute Gasteiger partial charge is 0.416 e. The Hall–Kier alpha value is -2.38. The second kappa shape index (κ2) is 4.95. The molecule has 20 heavy (non-hydrogen) atoms. The Bertz CT molecular complexity index is 620. The van der Waals surface area contributed by atoms with E-state index in [0.29, 0.717) is 5.69 Å². The van der Waals surface area contributed by atoms with E-state index < -0.39 is 23.6 Å². The van der Waals surface area contributed by atoms with Crippen LogP contribution < -0.4 is 0 Å². The predicted octanol–water partition coefficient (Wildman–Crippen LogP) is 2.47. The molecule has 2 aromatic rings. The van der Waals surface area contributed by atoms with Crippen molar-refractivity contribution in [3.8, 4) is 5.69 Å². The third-order valence-corrected chi connectivity index (χ3v) is 2.83. The van der Waals surface area contributed by atoms with Crippen molar-refractivity contribution in [2.75, 3.05) is 0 Å². The molecule has 0 aliphatic rings. The van der Waals surface area contributed by atoms with Crippen molar-refractivity contribution in [2.24, 2.45) is 0 Å². The van der Waals surface area contributed by atoms with Gasteiger partial charge in [-0.25, -0.2) is 4.68 Å². The van der Waals surface area contributed by atoms with Gasteiger partial charge in [0.1, 0.15) is 0 Å². The number of carbonyl (C=O) groups is 1. The average Bonchev–Trinajstić information content (AvgIpc) is 2.85. The van der Waals surface area contributed by atoms with Gasteiger partial charge in [-0.15, -0.1) is 5.10 Å². The highest BCUT2D eigenvalue weighted by atomic mass is 19.4. The van der Waals surface area contributed by atoms with Gasteiger partial charge in [-0.3, -0.25) is 4.79 Å². The second-order valence-corrected chi connectivity index (χ2v) is 4.18. The number of alkyl halides is 3. The molecule has 1 heterocycles. The first-order valence-electron chi connectivity index (χ1n) is 5.61. The molecule has 5 nitrogen and oxygen atoms in total. The Labute approximate surface area is 111 Å². The molecule has 1 N–H and O–H groups in total. The number of carboxylic acids is 1. The summed E-state index contributed by atoms with van der Waals surface area (Å²) in [5.74, 6) is -1.94. The van der Waals surface area contributed by atoms with Gasteiger partial charge in [-0.1, -0.05) is 5.21 Å². The quantitative estimate of drug-likeness (QED) is 0.940. The minimum atomic E-state index is -4.42. The maximum absolute atomic E-state index is 12.5. The predicted molar refractivity (Wildman–Crippen MR) is 62.4 cm³/mol. The Morgan fingerprint density at radius 3 is 2.40 bits per heavy atom. The average molecular weight is 285 g/mol. The van der Waals surface area contributed by atoms with Gasteiger partial charge in [0.05, 0.1) is 29.1 Å². The molecule has 0 saturated heterocycles. The van der Waals surface area contributed by atoms with Crippen molar-refractivity contribution in [1.29, 1.82) is 0 Å². The summed E-state index contributed by atoms with van der Waals surface area (Å²) in [5, 5.41) is 16.3. The number of hydrogen-bond acceptors (Lipinski definition) is 3. The van der Waals surface area contributed by atoms with Gasteiger partial charge in [0, 0.05) is 0 Å². The molecule has 0 aliphatic heterocycles. The first kappa shape index (κ1) is 14.0. The lowest BCUT2D eigenvalue weighted by Crippen LogP contribution is -2.13. The molecule has 8 heteroatoms. The van der Waals surface area contributed by atoms with Crippen molar-refractivity contribution in [2.45, 2.75) is 19.0 Å². The summed E-state index contributed by atoms with van der Waals surface area (Å²) in [6.07, 6.45) is -3.14. The van der Waals surface area contributed by atoms with E-state index in [-0.39, 0.29) is 5.69 Å². The molecule has 1 aromatic carbocycles. The van der Waals surface area contributed by atoms with Crippen LogP contribution in [0.15, 0.2) is 30.5 Å². The van der Waals surface area contributed by atoms with Gasteiger partial charge in [0.15, 0.2) is 0 Å². The van der Waals surface area contributed by atoms with Crippen LogP contribution >= 0.6 is 0 Å². The van der Waals surface area contributed by atoms with Gasteiger partial charge in [0.25, 0.3) is 0 Å². The monoisotopic (exact) mass is 285 g/mol. The van der Waals surface area contributed by atoms with Gasteiger partial charge in [-0.05, 0) is 31.2 Å². The topological polar surface area (TPSA) is 68.0 Å². The fraction of sp³-hybridized carbons (Fsp3) is 0.250. The molecular weight excluding hydrogens is 275 g/mol. The summed E-state index contributed by atoms with van der Waals surface area (Å²) in [6, 6.07) is 4.25. The van der Waals surface area contributed by atoms with Crippen molar-refractivity contribution in [3.63, 3.8) is 0 Å². The number of aromatic nitrogens is 3. The number of hydrogen-bond donors (Lipinski definition) is 1. The molecule has 0 bridgehead atoms. The third kappa shape index (κ3) is 2.63. The summed E-state index contributed by atoms with van der Waals surface area (Å²) >= 11 is 0.